The molecule has 0 saturated heterocycles. The Morgan fingerprint density at radius 2 is 2.00 bits per heavy atom. The van der Waals surface area contributed by atoms with Crippen molar-refractivity contribution in [1.29, 1.82) is 0 Å². The zero-order valence-electron chi connectivity index (χ0n) is 19.0. The number of nitrogens with one attached hydrogen (secondary N) is 1. The van der Waals surface area contributed by atoms with E-state index >= 15 is 0 Å². The summed E-state index contributed by atoms with van der Waals surface area (Å²) in [5, 5.41) is 14.1. The normalized spacial score (nSPS) is 12.1. The van der Waals surface area contributed by atoms with E-state index in [9.17, 15) is 19.7 Å². The minimum atomic E-state index is -0.517. The number of esters is 1. The van der Waals surface area contributed by atoms with Gasteiger partial charge in [0.1, 0.15) is 5.00 Å². The molecule has 0 atom stereocenters. The van der Waals surface area contributed by atoms with Gasteiger partial charge in [0.15, 0.2) is 11.5 Å². The van der Waals surface area contributed by atoms with Gasteiger partial charge in [0.25, 0.3) is 5.69 Å². The van der Waals surface area contributed by atoms with Crippen LogP contribution in [0.4, 0.5) is 10.7 Å². The molecule has 3 aromatic rings. The number of hydrogen-bond donors (Lipinski definition) is 1. The fraction of sp³-hybridized carbons (Fsp3) is 0.200. The Bertz CT molecular complexity index is 1330. The first-order valence-electron chi connectivity index (χ1n) is 10.8. The van der Waals surface area contributed by atoms with Crippen molar-refractivity contribution in [3.05, 3.63) is 85.8 Å². The van der Waals surface area contributed by atoms with E-state index in [1.807, 2.05) is 25.1 Å². The van der Waals surface area contributed by atoms with Gasteiger partial charge >= 0.3 is 5.97 Å². The quantitative estimate of drug-likeness (QED) is 0.200. The number of rotatable bonds is 8. The molecular formula is C25H22N2O7S. The Labute approximate surface area is 205 Å². The maximum Gasteiger partial charge on any atom is 0.341 e. The van der Waals surface area contributed by atoms with Crippen LogP contribution in [0.25, 0.3) is 6.08 Å². The number of hydrogen-bond acceptors (Lipinski definition) is 8. The van der Waals surface area contributed by atoms with Gasteiger partial charge in [-0.25, -0.2) is 4.79 Å². The third-order valence-corrected chi connectivity index (χ3v) is 6.48. The standard InChI is InChI=1S/C25H22N2O7S/c1-3-32-25(29)23-15(2)21(13-17-7-9-19-20(12-17)34-14-33-19)35-24(23)26-22(28)10-8-16-5-4-6-18(11-16)27(30)31/h4-12H,3,13-14H2,1-2H3,(H,26,28)/b10-8+. The number of nitro groups is 1. The lowest BCUT2D eigenvalue weighted by Gasteiger charge is -2.06. The van der Waals surface area contributed by atoms with Crippen LogP contribution in [-0.2, 0) is 16.0 Å². The van der Waals surface area contributed by atoms with E-state index < -0.39 is 16.8 Å². The fourth-order valence-electron chi connectivity index (χ4n) is 3.57. The third-order valence-electron chi connectivity index (χ3n) is 5.27. The van der Waals surface area contributed by atoms with Crippen molar-refractivity contribution < 1.29 is 28.7 Å². The largest absolute Gasteiger partial charge is 0.462 e. The van der Waals surface area contributed by atoms with Crippen LogP contribution in [0.3, 0.4) is 0 Å². The lowest BCUT2D eigenvalue weighted by atomic mass is 10.1. The molecule has 2 heterocycles. The highest BCUT2D eigenvalue weighted by Crippen LogP contribution is 2.37. The molecule has 35 heavy (non-hydrogen) atoms. The molecule has 0 fully saturated rings. The number of benzene rings is 2. The molecule has 180 valence electrons. The predicted octanol–water partition coefficient (Wildman–Crippen LogP) is 5.11. The molecule has 0 bridgehead atoms. The summed E-state index contributed by atoms with van der Waals surface area (Å²) in [6.45, 7) is 3.92. The van der Waals surface area contributed by atoms with Crippen LogP contribution in [0.1, 0.15) is 38.8 Å². The van der Waals surface area contributed by atoms with Crippen molar-refractivity contribution in [2.75, 3.05) is 18.7 Å². The van der Waals surface area contributed by atoms with Gasteiger partial charge in [-0.1, -0.05) is 18.2 Å². The van der Waals surface area contributed by atoms with Crippen LogP contribution >= 0.6 is 11.3 Å². The molecule has 1 aromatic heterocycles. The summed E-state index contributed by atoms with van der Waals surface area (Å²) in [6, 6.07) is 11.6. The minimum absolute atomic E-state index is 0.0702. The van der Waals surface area contributed by atoms with Crippen molar-refractivity contribution in [2.24, 2.45) is 0 Å². The molecule has 1 N–H and O–H groups in total. The SMILES string of the molecule is CCOC(=O)c1c(NC(=O)/C=C/c2cccc([N+](=O)[O-])c2)sc(Cc2ccc3c(c2)OCO3)c1C. The van der Waals surface area contributed by atoms with Gasteiger partial charge in [-0.2, -0.15) is 0 Å². The molecule has 1 aliphatic heterocycles. The fourth-order valence-corrected chi connectivity index (χ4v) is 4.80. The van der Waals surface area contributed by atoms with Gasteiger partial charge < -0.3 is 19.5 Å². The number of carbonyl (C=O) groups excluding carboxylic acids is 2. The molecule has 0 unspecified atom stereocenters. The summed E-state index contributed by atoms with van der Waals surface area (Å²) >= 11 is 1.30. The van der Waals surface area contributed by atoms with Crippen molar-refractivity contribution in [2.45, 2.75) is 20.3 Å². The molecule has 9 nitrogen and oxygen atoms in total. The Hall–Kier alpha value is -4.18. The molecule has 0 spiro atoms. The predicted molar refractivity (Wildman–Crippen MR) is 131 cm³/mol. The summed E-state index contributed by atoms with van der Waals surface area (Å²) in [7, 11) is 0. The van der Waals surface area contributed by atoms with Crippen LogP contribution in [-0.4, -0.2) is 30.2 Å². The Morgan fingerprint density at radius 3 is 2.77 bits per heavy atom. The zero-order valence-corrected chi connectivity index (χ0v) is 19.8. The first-order valence-corrected chi connectivity index (χ1v) is 11.6. The van der Waals surface area contributed by atoms with Crippen LogP contribution in [0.2, 0.25) is 0 Å². The van der Waals surface area contributed by atoms with Gasteiger partial charge in [-0.3, -0.25) is 14.9 Å². The number of thiophene rings is 1. The van der Waals surface area contributed by atoms with Crippen molar-refractivity contribution in [1.82, 2.24) is 0 Å². The van der Waals surface area contributed by atoms with Crippen molar-refractivity contribution in [3.8, 4) is 11.5 Å². The maximum atomic E-state index is 12.7. The molecule has 4 rings (SSSR count). The van der Waals surface area contributed by atoms with Crippen molar-refractivity contribution in [3.63, 3.8) is 0 Å². The van der Waals surface area contributed by atoms with Crippen LogP contribution < -0.4 is 14.8 Å². The first-order chi connectivity index (χ1) is 16.9. The van der Waals surface area contributed by atoms with E-state index in [-0.39, 0.29) is 19.1 Å². The molecule has 1 amide bonds. The summed E-state index contributed by atoms with van der Waals surface area (Å²) in [5.74, 6) is 0.364. The maximum absolute atomic E-state index is 12.7. The first kappa shape index (κ1) is 24.0. The molecule has 1 aliphatic rings. The number of amides is 1. The Balaban J connectivity index is 1.57. The van der Waals surface area contributed by atoms with Gasteiger partial charge in [0.05, 0.1) is 17.1 Å². The number of fused-ring (bicyclic) bond motifs is 1. The number of non-ortho nitro benzene ring substituents is 1. The van der Waals surface area contributed by atoms with E-state index in [1.54, 1.807) is 19.1 Å². The third kappa shape index (κ3) is 5.49. The number of anilines is 1. The number of nitro benzene ring substituents is 1. The van der Waals surface area contributed by atoms with Gasteiger partial charge in [0, 0.05) is 29.5 Å². The summed E-state index contributed by atoms with van der Waals surface area (Å²) in [5.41, 5.74) is 2.44. The molecular weight excluding hydrogens is 472 g/mol. The van der Waals surface area contributed by atoms with Gasteiger partial charge in [-0.15, -0.1) is 11.3 Å². The Kier molecular flexibility index (Phi) is 7.11. The number of ether oxygens (including phenoxy) is 3. The molecule has 0 aliphatic carbocycles. The van der Waals surface area contributed by atoms with E-state index in [0.717, 1.165) is 16.0 Å². The average molecular weight is 495 g/mol. The van der Waals surface area contributed by atoms with E-state index in [0.29, 0.717) is 34.0 Å². The second kappa shape index (κ2) is 10.4. The average Bonchev–Trinajstić information content (AvgIpc) is 3.42. The van der Waals surface area contributed by atoms with E-state index in [2.05, 4.69) is 5.32 Å². The van der Waals surface area contributed by atoms with Crippen molar-refractivity contribution >= 4 is 40.0 Å². The van der Waals surface area contributed by atoms with Crippen LogP contribution in [0, 0.1) is 17.0 Å². The smallest absolute Gasteiger partial charge is 0.341 e. The number of carbonyl (C=O) groups is 2. The van der Waals surface area contributed by atoms with E-state index in [1.165, 1.54) is 35.6 Å². The highest BCUT2D eigenvalue weighted by Gasteiger charge is 2.24. The molecule has 2 aromatic carbocycles. The topological polar surface area (TPSA) is 117 Å². The summed E-state index contributed by atoms with van der Waals surface area (Å²) in [6.07, 6.45) is 3.26. The molecule has 0 radical (unpaired) electrons. The monoisotopic (exact) mass is 494 g/mol. The lowest BCUT2D eigenvalue weighted by Crippen LogP contribution is -2.12. The zero-order chi connectivity index (χ0) is 24.9. The minimum Gasteiger partial charge on any atom is -0.462 e. The van der Waals surface area contributed by atoms with E-state index in [4.69, 9.17) is 14.2 Å². The number of nitrogens with zero attached hydrogens (tertiary/aromatic N) is 1. The Morgan fingerprint density at radius 1 is 1.20 bits per heavy atom. The van der Waals surface area contributed by atoms with Crippen LogP contribution in [0.5, 0.6) is 11.5 Å². The summed E-state index contributed by atoms with van der Waals surface area (Å²) in [4.78, 5) is 36.7. The molecule has 10 heteroatoms. The van der Waals surface area contributed by atoms with Gasteiger partial charge in [0.2, 0.25) is 12.7 Å². The highest BCUT2D eigenvalue weighted by atomic mass is 32.1. The highest BCUT2D eigenvalue weighted by molar-refractivity contribution is 7.17. The van der Waals surface area contributed by atoms with Crippen LogP contribution in [0.15, 0.2) is 48.5 Å². The second-order valence-electron chi connectivity index (χ2n) is 7.61. The molecule has 0 saturated carbocycles. The lowest BCUT2D eigenvalue weighted by molar-refractivity contribution is -0.384. The van der Waals surface area contributed by atoms with Gasteiger partial charge in [-0.05, 0) is 48.7 Å². The summed E-state index contributed by atoms with van der Waals surface area (Å²) < 4.78 is 16.0. The second-order valence-corrected chi connectivity index (χ2v) is 8.72.